The number of fused-ring (bicyclic) bond motifs is 1. The summed E-state index contributed by atoms with van der Waals surface area (Å²) in [6.45, 7) is 2.43. The molecule has 0 atom stereocenters. The molecule has 0 fully saturated rings. The molecule has 1 N–H and O–H groups in total. The van der Waals surface area contributed by atoms with Gasteiger partial charge in [0.05, 0.1) is 17.4 Å². The van der Waals surface area contributed by atoms with Crippen LogP contribution in [0.3, 0.4) is 0 Å². The lowest BCUT2D eigenvalue weighted by Gasteiger charge is -2.15. The maximum Gasteiger partial charge on any atom is 0.272 e. The van der Waals surface area contributed by atoms with Gasteiger partial charge in [-0.1, -0.05) is 24.3 Å². The van der Waals surface area contributed by atoms with E-state index < -0.39 is 0 Å². The summed E-state index contributed by atoms with van der Waals surface area (Å²) < 4.78 is 1.76. The van der Waals surface area contributed by atoms with Crippen LogP contribution in [-0.2, 0) is 0 Å². The van der Waals surface area contributed by atoms with Crippen molar-refractivity contribution < 1.29 is 4.79 Å². The molecule has 1 amide bonds. The monoisotopic (exact) mass is 333 g/mol. The van der Waals surface area contributed by atoms with Crippen LogP contribution < -0.4 is 5.32 Å². The maximum atomic E-state index is 12.6. The van der Waals surface area contributed by atoms with E-state index >= 15 is 0 Å². The number of pyridine rings is 1. The lowest BCUT2D eigenvalue weighted by Crippen LogP contribution is -2.32. The van der Waals surface area contributed by atoms with Crippen LogP contribution in [0, 0.1) is 0 Å². The number of rotatable bonds is 5. The Balaban J connectivity index is 1.58. The Bertz CT molecular complexity index is 916. The second-order valence-electron chi connectivity index (χ2n) is 5.95. The van der Waals surface area contributed by atoms with Crippen LogP contribution in [0.15, 0.2) is 61.1 Å². The molecule has 0 saturated carbocycles. The number of carbonyl (C=O) groups excluding carboxylic acids is 1. The van der Waals surface area contributed by atoms with Crippen molar-refractivity contribution in [3.63, 3.8) is 0 Å². The molecule has 4 rings (SSSR count). The predicted molar refractivity (Wildman–Crippen MR) is 96.5 cm³/mol. The van der Waals surface area contributed by atoms with Crippen LogP contribution in [0.5, 0.6) is 0 Å². The highest BCUT2D eigenvalue weighted by Crippen LogP contribution is 2.21. The van der Waals surface area contributed by atoms with E-state index in [0.29, 0.717) is 12.2 Å². The smallest absolute Gasteiger partial charge is 0.272 e. The van der Waals surface area contributed by atoms with Gasteiger partial charge in [-0.2, -0.15) is 5.10 Å². The number of amides is 1. The van der Waals surface area contributed by atoms with E-state index in [1.807, 2.05) is 36.4 Å². The van der Waals surface area contributed by atoms with Crippen LogP contribution in [0.25, 0.3) is 16.6 Å². The Labute approximate surface area is 145 Å². The zero-order chi connectivity index (χ0) is 17.1. The third-order valence-electron chi connectivity index (χ3n) is 4.28. The largest absolute Gasteiger partial charge is 0.376 e. The molecule has 1 aliphatic rings. The second kappa shape index (κ2) is 6.76. The first-order valence-electron chi connectivity index (χ1n) is 8.40. The van der Waals surface area contributed by atoms with Crippen molar-refractivity contribution >= 4 is 16.8 Å². The minimum Gasteiger partial charge on any atom is -0.376 e. The van der Waals surface area contributed by atoms with Crippen molar-refractivity contribution in [1.29, 1.82) is 0 Å². The second-order valence-corrected chi connectivity index (χ2v) is 5.95. The Morgan fingerprint density at radius 1 is 1.20 bits per heavy atom. The Morgan fingerprint density at radius 2 is 2.12 bits per heavy atom. The summed E-state index contributed by atoms with van der Waals surface area (Å²) >= 11 is 0. The Morgan fingerprint density at radius 3 is 2.92 bits per heavy atom. The molecule has 1 aromatic carbocycles. The molecule has 3 heterocycles. The standard InChI is InChI=1S/C19H19N5O/c25-19(21-10-13-23-11-3-4-12-23)18-16-7-1-2-8-17(16)24(22-18)15-6-5-9-20-14-15/h1-3,5-9,11,14H,4,10,12-13H2,(H,21,25). The van der Waals surface area contributed by atoms with Gasteiger partial charge >= 0.3 is 0 Å². The van der Waals surface area contributed by atoms with E-state index in [0.717, 1.165) is 36.1 Å². The molecule has 3 aromatic rings. The number of para-hydroxylation sites is 1. The SMILES string of the molecule is O=C(NCCN1C=CCC1)c1nn(-c2cccnc2)c2ccccc12. The number of hydrogen-bond donors (Lipinski definition) is 1. The highest BCUT2D eigenvalue weighted by molar-refractivity contribution is 6.05. The molecular formula is C19H19N5O. The first kappa shape index (κ1) is 15.4. The predicted octanol–water partition coefficient (Wildman–Crippen LogP) is 2.37. The van der Waals surface area contributed by atoms with Gasteiger partial charge in [0.15, 0.2) is 5.69 Å². The van der Waals surface area contributed by atoms with Crippen LogP contribution >= 0.6 is 0 Å². The van der Waals surface area contributed by atoms with Gasteiger partial charge in [-0.25, -0.2) is 4.68 Å². The summed E-state index contributed by atoms with van der Waals surface area (Å²) in [7, 11) is 0. The summed E-state index contributed by atoms with van der Waals surface area (Å²) in [5.74, 6) is -0.151. The molecule has 0 radical (unpaired) electrons. The Kier molecular flexibility index (Phi) is 4.16. The summed E-state index contributed by atoms with van der Waals surface area (Å²) in [6, 6.07) is 11.5. The fourth-order valence-corrected chi connectivity index (χ4v) is 3.03. The van der Waals surface area contributed by atoms with Crippen LogP contribution in [-0.4, -0.2) is 45.2 Å². The number of benzene rings is 1. The lowest BCUT2D eigenvalue weighted by atomic mass is 10.2. The van der Waals surface area contributed by atoms with Gasteiger partial charge in [-0.05, 0) is 30.8 Å². The van der Waals surface area contributed by atoms with Crippen molar-refractivity contribution in [2.24, 2.45) is 0 Å². The quantitative estimate of drug-likeness (QED) is 0.779. The highest BCUT2D eigenvalue weighted by atomic mass is 16.1. The zero-order valence-electron chi connectivity index (χ0n) is 13.8. The molecule has 0 bridgehead atoms. The molecule has 0 spiro atoms. The van der Waals surface area contributed by atoms with Crippen molar-refractivity contribution in [2.75, 3.05) is 19.6 Å². The van der Waals surface area contributed by atoms with Gasteiger partial charge < -0.3 is 10.2 Å². The van der Waals surface area contributed by atoms with Crippen molar-refractivity contribution in [3.05, 3.63) is 66.8 Å². The molecule has 6 nitrogen and oxygen atoms in total. The van der Waals surface area contributed by atoms with E-state index in [9.17, 15) is 4.79 Å². The third kappa shape index (κ3) is 3.10. The van der Waals surface area contributed by atoms with Gasteiger partial charge in [-0.15, -0.1) is 0 Å². The minimum absolute atomic E-state index is 0.151. The van der Waals surface area contributed by atoms with Crippen molar-refractivity contribution in [2.45, 2.75) is 6.42 Å². The fraction of sp³-hybridized carbons (Fsp3) is 0.211. The molecule has 6 heteroatoms. The number of carbonyl (C=O) groups is 1. The van der Waals surface area contributed by atoms with E-state index in [1.165, 1.54) is 0 Å². The third-order valence-corrected chi connectivity index (χ3v) is 4.28. The topological polar surface area (TPSA) is 63.1 Å². The molecule has 1 aliphatic heterocycles. The van der Waals surface area contributed by atoms with Gasteiger partial charge in [0, 0.05) is 31.2 Å². The lowest BCUT2D eigenvalue weighted by molar-refractivity contribution is 0.0947. The van der Waals surface area contributed by atoms with Gasteiger partial charge in [0.2, 0.25) is 0 Å². The van der Waals surface area contributed by atoms with E-state index in [4.69, 9.17) is 0 Å². The van der Waals surface area contributed by atoms with Crippen molar-refractivity contribution in [3.8, 4) is 5.69 Å². The number of nitrogens with one attached hydrogen (secondary N) is 1. The minimum atomic E-state index is -0.151. The Hall–Kier alpha value is -3.15. The van der Waals surface area contributed by atoms with Gasteiger partial charge in [-0.3, -0.25) is 9.78 Å². The summed E-state index contributed by atoms with van der Waals surface area (Å²) in [6.07, 6.45) is 8.76. The normalized spacial score (nSPS) is 13.5. The molecular weight excluding hydrogens is 314 g/mol. The zero-order valence-corrected chi connectivity index (χ0v) is 13.8. The molecule has 126 valence electrons. The molecule has 0 unspecified atom stereocenters. The van der Waals surface area contributed by atoms with Crippen molar-refractivity contribution in [1.82, 2.24) is 25.0 Å². The number of hydrogen-bond acceptors (Lipinski definition) is 4. The highest BCUT2D eigenvalue weighted by Gasteiger charge is 2.17. The first-order valence-corrected chi connectivity index (χ1v) is 8.40. The number of nitrogens with zero attached hydrogens (tertiary/aromatic N) is 4. The van der Waals surface area contributed by atoms with Crippen LogP contribution in [0.4, 0.5) is 0 Å². The van der Waals surface area contributed by atoms with Gasteiger partial charge in [0.1, 0.15) is 0 Å². The molecule has 25 heavy (non-hydrogen) atoms. The summed E-state index contributed by atoms with van der Waals surface area (Å²) in [5.41, 5.74) is 2.17. The van der Waals surface area contributed by atoms with Gasteiger partial charge in [0.25, 0.3) is 5.91 Å². The average molecular weight is 333 g/mol. The number of aromatic nitrogens is 3. The van der Waals surface area contributed by atoms with E-state index in [1.54, 1.807) is 17.1 Å². The summed E-state index contributed by atoms with van der Waals surface area (Å²) in [5, 5.41) is 8.36. The summed E-state index contributed by atoms with van der Waals surface area (Å²) in [4.78, 5) is 19.0. The average Bonchev–Trinajstić information content (AvgIpc) is 3.30. The van der Waals surface area contributed by atoms with E-state index in [2.05, 4.69) is 32.6 Å². The van der Waals surface area contributed by atoms with Crippen LogP contribution in [0.2, 0.25) is 0 Å². The van der Waals surface area contributed by atoms with Crippen LogP contribution in [0.1, 0.15) is 16.9 Å². The molecule has 0 saturated heterocycles. The molecule has 2 aromatic heterocycles. The maximum absolute atomic E-state index is 12.6. The first-order chi connectivity index (χ1) is 12.3. The molecule has 0 aliphatic carbocycles. The fourth-order valence-electron chi connectivity index (χ4n) is 3.03. The van der Waals surface area contributed by atoms with E-state index in [-0.39, 0.29) is 5.91 Å².